The number of amides is 3. The van der Waals surface area contributed by atoms with Gasteiger partial charge in [0.25, 0.3) is 0 Å². The van der Waals surface area contributed by atoms with Crippen LogP contribution in [0.25, 0.3) is 5.57 Å². The van der Waals surface area contributed by atoms with Crippen molar-refractivity contribution in [3.05, 3.63) is 42.0 Å². The summed E-state index contributed by atoms with van der Waals surface area (Å²) < 4.78 is 5.77. The van der Waals surface area contributed by atoms with Crippen LogP contribution >= 0.6 is 0 Å². The maximum atomic E-state index is 13.5. The van der Waals surface area contributed by atoms with Crippen LogP contribution in [-0.4, -0.2) is 89.7 Å². The third-order valence-corrected chi connectivity index (χ3v) is 7.36. The maximum Gasteiger partial charge on any atom is 0.410 e. The summed E-state index contributed by atoms with van der Waals surface area (Å²) in [7, 11) is 1.77. The topological polar surface area (TPSA) is 102 Å². The van der Waals surface area contributed by atoms with Gasteiger partial charge in [0.2, 0.25) is 11.8 Å². The van der Waals surface area contributed by atoms with Gasteiger partial charge in [-0.15, -0.1) is 0 Å². The summed E-state index contributed by atoms with van der Waals surface area (Å²) in [6.07, 6.45) is 6.22. The van der Waals surface area contributed by atoms with Crippen molar-refractivity contribution >= 4 is 23.5 Å². The standard InChI is InChI=1S/C26H36N4O5/c1-28-18-21(35-26(33)30-13-7-2-3-8-14-30)17-22(24(31)27-34)23(28)25(32)29-15-11-20(12-16-29)19-9-5-4-6-10-19/h4-6,9-11,21-23,34H,2-3,7-8,12-18H2,1H3,(H,27,31). The highest BCUT2D eigenvalue weighted by molar-refractivity contribution is 5.90. The number of carbonyl (C=O) groups excluding carboxylic acids is 3. The van der Waals surface area contributed by atoms with E-state index in [0.717, 1.165) is 37.7 Å². The molecule has 3 heterocycles. The highest BCUT2D eigenvalue weighted by Gasteiger charge is 2.45. The normalized spacial score (nSPS) is 25.9. The number of ether oxygens (including phenoxy) is 1. The minimum Gasteiger partial charge on any atom is -0.445 e. The van der Waals surface area contributed by atoms with Gasteiger partial charge in [-0.3, -0.25) is 19.7 Å². The minimum atomic E-state index is -0.826. The van der Waals surface area contributed by atoms with E-state index in [4.69, 9.17) is 4.74 Å². The number of hydroxylamine groups is 1. The van der Waals surface area contributed by atoms with Gasteiger partial charge in [-0.1, -0.05) is 49.2 Å². The lowest BCUT2D eigenvalue weighted by Gasteiger charge is -2.43. The van der Waals surface area contributed by atoms with E-state index in [1.54, 1.807) is 27.2 Å². The predicted octanol–water partition coefficient (Wildman–Crippen LogP) is 2.51. The molecule has 1 aromatic carbocycles. The van der Waals surface area contributed by atoms with Gasteiger partial charge < -0.3 is 14.5 Å². The second kappa shape index (κ2) is 11.7. The number of hydrogen-bond donors (Lipinski definition) is 2. The highest BCUT2D eigenvalue weighted by atomic mass is 16.6. The Morgan fingerprint density at radius 3 is 2.34 bits per heavy atom. The molecule has 0 bridgehead atoms. The van der Waals surface area contributed by atoms with Crippen LogP contribution in [0, 0.1) is 5.92 Å². The fourth-order valence-corrected chi connectivity index (χ4v) is 5.45. The van der Waals surface area contributed by atoms with Crippen LogP contribution in [0.1, 0.15) is 44.1 Å². The summed E-state index contributed by atoms with van der Waals surface area (Å²) in [5.41, 5.74) is 4.08. The fraction of sp³-hybridized carbons (Fsp3) is 0.577. The Labute approximate surface area is 206 Å². The summed E-state index contributed by atoms with van der Waals surface area (Å²) in [6.45, 7) is 2.73. The van der Waals surface area contributed by atoms with Gasteiger partial charge >= 0.3 is 6.09 Å². The molecule has 190 valence electrons. The van der Waals surface area contributed by atoms with Gasteiger partial charge in [-0.2, -0.15) is 0 Å². The number of hydrogen-bond acceptors (Lipinski definition) is 6. The van der Waals surface area contributed by atoms with Crippen LogP contribution in [0.2, 0.25) is 0 Å². The van der Waals surface area contributed by atoms with Gasteiger partial charge in [-0.25, -0.2) is 10.3 Å². The number of nitrogens with one attached hydrogen (secondary N) is 1. The third-order valence-electron chi connectivity index (χ3n) is 7.36. The molecule has 1 aromatic rings. The molecule has 2 N–H and O–H groups in total. The second-order valence-electron chi connectivity index (χ2n) is 9.74. The molecular weight excluding hydrogens is 448 g/mol. The number of nitrogens with zero attached hydrogens (tertiary/aromatic N) is 3. The number of rotatable bonds is 4. The monoisotopic (exact) mass is 484 g/mol. The van der Waals surface area contributed by atoms with Crippen molar-refractivity contribution in [2.45, 2.75) is 50.7 Å². The number of likely N-dealkylation sites (N-methyl/N-ethyl adjacent to an activating group) is 1. The number of carbonyl (C=O) groups is 3. The van der Waals surface area contributed by atoms with E-state index in [1.807, 2.05) is 18.2 Å². The molecule has 3 amide bonds. The van der Waals surface area contributed by atoms with Crippen molar-refractivity contribution in [2.75, 3.05) is 39.8 Å². The lowest BCUT2D eigenvalue weighted by molar-refractivity contribution is -0.151. The fourth-order valence-electron chi connectivity index (χ4n) is 5.45. The van der Waals surface area contributed by atoms with E-state index in [9.17, 15) is 19.6 Å². The molecular formula is C26H36N4O5. The summed E-state index contributed by atoms with van der Waals surface area (Å²) >= 11 is 0. The molecule has 2 fully saturated rings. The summed E-state index contributed by atoms with van der Waals surface area (Å²) in [5.74, 6) is -1.61. The number of benzene rings is 1. The zero-order valence-electron chi connectivity index (χ0n) is 20.4. The zero-order chi connectivity index (χ0) is 24.8. The molecule has 3 aliphatic rings. The molecule has 0 aliphatic carbocycles. The Morgan fingerprint density at radius 2 is 1.71 bits per heavy atom. The molecule has 4 rings (SSSR count). The lowest BCUT2D eigenvalue weighted by atomic mass is 9.86. The maximum absolute atomic E-state index is 13.5. The van der Waals surface area contributed by atoms with Crippen LogP contribution in [0.5, 0.6) is 0 Å². The molecule has 0 aromatic heterocycles. The van der Waals surface area contributed by atoms with Gasteiger partial charge in [0, 0.05) is 32.7 Å². The highest BCUT2D eigenvalue weighted by Crippen LogP contribution is 2.29. The van der Waals surface area contributed by atoms with Crippen LogP contribution in [0.3, 0.4) is 0 Å². The Balaban J connectivity index is 1.42. The molecule has 0 radical (unpaired) electrons. The van der Waals surface area contributed by atoms with Gasteiger partial charge in [-0.05, 0) is 43.9 Å². The Kier molecular flexibility index (Phi) is 8.41. The van der Waals surface area contributed by atoms with Crippen molar-refractivity contribution in [1.82, 2.24) is 20.2 Å². The van der Waals surface area contributed by atoms with Crippen LogP contribution in [0.15, 0.2) is 36.4 Å². The first-order chi connectivity index (χ1) is 17.0. The quantitative estimate of drug-likeness (QED) is 0.503. The van der Waals surface area contributed by atoms with Gasteiger partial charge in [0.1, 0.15) is 12.1 Å². The number of likely N-dealkylation sites (tertiary alicyclic amines) is 2. The molecule has 2 saturated heterocycles. The Hall–Kier alpha value is -2.91. The van der Waals surface area contributed by atoms with Gasteiger partial charge in [0.15, 0.2) is 0 Å². The Morgan fingerprint density at radius 1 is 1.00 bits per heavy atom. The molecule has 35 heavy (non-hydrogen) atoms. The van der Waals surface area contributed by atoms with E-state index in [1.165, 1.54) is 5.57 Å². The smallest absolute Gasteiger partial charge is 0.410 e. The zero-order valence-corrected chi connectivity index (χ0v) is 20.4. The first-order valence-electron chi connectivity index (χ1n) is 12.6. The first-order valence-corrected chi connectivity index (χ1v) is 12.6. The third kappa shape index (κ3) is 6.02. The van der Waals surface area contributed by atoms with Crippen LogP contribution < -0.4 is 5.48 Å². The molecule has 9 heteroatoms. The van der Waals surface area contributed by atoms with Crippen molar-refractivity contribution in [3.8, 4) is 0 Å². The first kappa shape index (κ1) is 25.2. The van der Waals surface area contributed by atoms with Crippen LogP contribution in [0.4, 0.5) is 4.79 Å². The van der Waals surface area contributed by atoms with E-state index < -0.39 is 24.0 Å². The molecule has 3 aliphatic heterocycles. The summed E-state index contributed by atoms with van der Waals surface area (Å²) in [4.78, 5) is 44.1. The average Bonchev–Trinajstić information content (AvgIpc) is 3.18. The van der Waals surface area contributed by atoms with Crippen molar-refractivity contribution in [2.24, 2.45) is 5.92 Å². The minimum absolute atomic E-state index is 0.151. The summed E-state index contributed by atoms with van der Waals surface area (Å²) in [6, 6.07) is 9.37. The SMILES string of the molecule is CN1CC(OC(=O)N2CCCCCC2)CC(C(=O)NO)C1C(=O)N1CC=C(c2ccccc2)CC1. The second-order valence-corrected chi connectivity index (χ2v) is 9.74. The molecule has 3 atom stereocenters. The van der Waals surface area contributed by atoms with E-state index in [0.29, 0.717) is 32.7 Å². The molecule has 0 saturated carbocycles. The lowest BCUT2D eigenvalue weighted by Crippen LogP contribution is -2.60. The number of piperidine rings is 1. The van der Waals surface area contributed by atoms with E-state index in [-0.39, 0.29) is 18.4 Å². The Bertz CT molecular complexity index is 929. The van der Waals surface area contributed by atoms with Crippen molar-refractivity contribution < 1.29 is 24.3 Å². The summed E-state index contributed by atoms with van der Waals surface area (Å²) in [5, 5.41) is 9.38. The predicted molar refractivity (Wildman–Crippen MR) is 130 cm³/mol. The van der Waals surface area contributed by atoms with Gasteiger partial charge in [0.05, 0.1) is 5.92 Å². The van der Waals surface area contributed by atoms with E-state index >= 15 is 0 Å². The molecule has 0 spiro atoms. The average molecular weight is 485 g/mol. The van der Waals surface area contributed by atoms with E-state index in [2.05, 4.69) is 18.2 Å². The van der Waals surface area contributed by atoms with Crippen molar-refractivity contribution in [3.63, 3.8) is 0 Å². The van der Waals surface area contributed by atoms with Crippen LogP contribution in [-0.2, 0) is 14.3 Å². The molecule has 3 unspecified atom stereocenters. The van der Waals surface area contributed by atoms with Crippen molar-refractivity contribution in [1.29, 1.82) is 0 Å². The molecule has 9 nitrogen and oxygen atoms in total. The largest absolute Gasteiger partial charge is 0.445 e.